The van der Waals surface area contributed by atoms with Gasteiger partial charge in [-0.1, -0.05) is 13.0 Å². The van der Waals surface area contributed by atoms with Crippen LogP contribution in [0.3, 0.4) is 0 Å². The Bertz CT molecular complexity index is 309. The van der Waals surface area contributed by atoms with E-state index in [4.69, 9.17) is 11.5 Å². The third-order valence-electron chi connectivity index (χ3n) is 2.40. The number of anilines is 2. The maximum atomic E-state index is 5.97. The zero-order valence-electron chi connectivity index (χ0n) is 8.25. The molecule has 0 spiro atoms. The summed E-state index contributed by atoms with van der Waals surface area (Å²) in [5.41, 5.74) is 16.6. The van der Waals surface area contributed by atoms with E-state index in [1.807, 2.05) is 6.07 Å². The molecule has 1 rings (SSSR count). The molecular formula is C10H16N2S2. The molecule has 2 nitrogen and oxygen atoms in total. The zero-order chi connectivity index (χ0) is 10.7. The van der Waals surface area contributed by atoms with Crippen LogP contribution in [0, 0.1) is 0 Å². The van der Waals surface area contributed by atoms with E-state index in [1.54, 1.807) is 0 Å². The molecule has 4 heteroatoms. The Balaban J connectivity index is 3.39. The van der Waals surface area contributed by atoms with Crippen molar-refractivity contribution in [1.82, 2.24) is 0 Å². The van der Waals surface area contributed by atoms with Gasteiger partial charge in [-0.25, -0.2) is 0 Å². The predicted molar refractivity (Wildman–Crippen MR) is 70.0 cm³/mol. The number of nitrogens with two attached hydrogens (primary N) is 2. The molecular weight excluding hydrogens is 212 g/mol. The minimum atomic E-state index is 0.576. The number of hydrogen-bond acceptors (Lipinski definition) is 4. The molecule has 14 heavy (non-hydrogen) atoms. The fourth-order valence-electron chi connectivity index (χ4n) is 1.49. The van der Waals surface area contributed by atoms with E-state index in [0.717, 1.165) is 34.5 Å². The lowest BCUT2D eigenvalue weighted by Crippen LogP contribution is -2.05. The Hall–Kier alpha value is -0.480. The van der Waals surface area contributed by atoms with Crippen LogP contribution in [-0.4, -0.2) is 0 Å². The molecule has 1 aromatic carbocycles. The highest BCUT2D eigenvalue weighted by atomic mass is 32.1. The van der Waals surface area contributed by atoms with E-state index in [0.29, 0.717) is 11.5 Å². The van der Waals surface area contributed by atoms with Gasteiger partial charge < -0.3 is 11.5 Å². The van der Waals surface area contributed by atoms with Gasteiger partial charge in [0.15, 0.2) is 0 Å². The Morgan fingerprint density at radius 1 is 1.07 bits per heavy atom. The highest BCUT2D eigenvalue weighted by molar-refractivity contribution is 7.79. The highest BCUT2D eigenvalue weighted by Crippen LogP contribution is 2.30. The molecule has 0 radical (unpaired) electrons. The summed E-state index contributed by atoms with van der Waals surface area (Å²) in [6, 6.07) is 2.03. The van der Waals surface area contributed by atoms with E-state index in [9.17, 15) is 0 Å². The summed E-state index contributed by atoms with van der Waals surface area (Å²) in [6.07, 6.45) is 0.910. The Morgan fingerprint density at radius 3 is 2.07 bits per heavy atom. The molecule has 1 aromatic rings. The third kappa shape index (κ3) is 1.96. The lowest BCUT2D eigenvalue weighted by atomic mass is 10.00. The molecule has 0 aliphatic heterocycles. The van der Waals surface area contributed by atoms with Crippen LogP contribution in [0.25, 0.3) is 0 Å². The predicted octanol–water partition coefficient (Wildman–Crippen LogP) is 2.27. The van der Waals surface area contributed by atoms with Gasteiger partial charge in [0.1, 0.15) is 0 Å². The van der Waals surface area contributed by atoms with Gasteiger partial charge in [-0.05, 0) is 17.5 Å². The van der Waals surface area contributed by atoms with Crippen molar-refractivity contribution in [3.63, 3.8) is 0 Å². The molecule has 0 atom stereocenters. The summed E-state index contributed by atoms with van der Waals surface area (Å²) < 4.78 is 0. The van der Waals surface area contributed by atoms with Gasteiger partial charge in [0.25, 0.3) is 0 Å². The fraction of sp³-hybridized carbons (Fsp3) is 0.400. The van der Waals surface area contributed by atoms with Crippen molar-refractivity contribution in [2.24, 2.45) is 0 Å². The van der Waals surface area contributed by atoms with Crippen LogP contribution in [0.4, 0.5) is 11.4 Å². The summed E-state index contributed by atoms with van der Waals surface area (Å²) in [4.78, 5) is 0. The normalized spacial score (nSPS) is 10.5. The van der Waals surface area contributed by atoms with Crippen LogP contribution in [0.2, 0.25) is 0 Å². The van der Waals surface area contributed by atoms with E-state index < -0.39 is 0 Å². The van der Waals surface area contributed by atoms with Gasteiger partial charge in [-0.2, -0.15) is 25.3 Å². The van der Waals surface area contributed by atoms with E-state index in [1.165, 1.54) is 0 Å². The van der Waals surface area contributed by atoms with Gasteiger partial charge in [-0.15, -0.1) is 0 Å². The minimum Gasteiger partial charge on any atom is -0.398 e. The lowest BCUT2D eigenvalue weighted by molar-refractivity contribution is 1.12. The molecule has 0 unspecified atom stereocenters. The van der Waals surface area contributed by atoms with Gasteiger partial charge in [0.05, 0.1) is 0 Å². The first-order valence-electron chi connectivity index (χ1n) is 4.55. The Kier molecular flexibility index (Phi) is 4.01. The maximum Gasteiger partial charge on any atom is 0.0416 e. The molecule has 0 bridgehead atoms. The summed E-state index contributed by atoms with van der Waals surface area (Å²) in [5.74, 6) is 1.21. The topological polar surface area (TPSA) is 52.0 Å². The standard InChI is InChI=1S/C10H16N2S2/c1-2-6-3-7(4-13)10(12)8(5-14)9(6)11/h3,13-14H,2,4-5,11-12H2,1H3. The largest absolute Gasteiger partial charge is 0.398 e. The SMILES string of the molecule is CCc1cc(CS)c(N)c(CS)c1N. The van der Waals surface area contributed by atoms with Gasteiger partial charge >= 0.3 is 0 Å². The van der Waals surface area contributed by atoms with Gasteiger partial charge in [0.2, 0.25) is 0 Å². The number of thiol groups is 2. The monoisotopic (exact) mass is 228 g/mol. The highest BCUT2D eigenvalue weighted by Gasteiger charge is 2.10. The molecule has 0 aliphatic rings. The van der Waals surface area contributed by atoms with Crippen molar-refractivity contribution in [3.8, 4) is 0 Å². The van der Waals surface area contributed by atoms with E-state index in [2.05, 4.69) is 32.2 Å². The number of rotatable bonds is 3. The van der Waals surface area contributed by atoms with Crippen LogP contribution >= 0.6 is 25.3 Å². The summed E-state index contributed by atoms with van der Waals surface area (Å²) >= 11 is 8.48. The van der Waals surface area contributed by atoms with Crippen molar-refractivity contribution >= 4 is 36.6 Å². The van der Waals surface area contributed by atoms with E-state index in [-0.39, 0.29) is 0 Å². The summed E-state index contributed by atoms with van der Waals surface area (Å²) in [5, 5.41) is 0. The number of nitrogen functional groups attached to an aromatic ring is 2. The second kappa shape index (κ2) is 4.84. The van der Waals surface area contributed by atoms with Gasteiger partial charge in [-0.3, -0.25) is 0 Å². The molecule has 0 aromatic heterocycles. The summed E-state index contributed by atoms with van der Waals surface area (Å²) in [7, 11) is 0. The van der Waals surface area contributed by atoms with Crippen molar-refractivity contribution < 1.29 is 0 Å². The molecule has 0 fully saturated rings. The lowest BCUT2D eigenvalue weighted by Gasteiger charge is -2.14. The van der Waals surface area contributed by atoms with Crippen molar-refractivity contribution in [1.29, 1.82) is 0 Å². The van der Waals surface area contributed by atoms with Crippen molar-refractivity contribution in [3.05, 3.63) is 22.8 Å². The zero-order valence-corrected chi connectivity index (χ0v) is 10.0. The van der Waals surface area contributed by atoms with Crippen LogP contribution in [-0.2, 0) is 17.9 Å². The number of benzene rings is 1. The molecule has 0 aliphatic carbocycles. The van der Waals surface area contributed by atoms with Gasteiger partial charge in [0, 0.05) is 28.4 Å². The maximum absolute atomic E-state index is 5.97. The van der Waals surface area contributed by atoms with Crippen LogP contribution in [0.1, 0.15) is 23.6 Å². The summed E-state index contributed by atoms with van der Waals surface area (Å²) in [6.45, 7) is 2.08. The van der Waals surface area contributed by atoms with Crippen molar-refractivity contribution in [2.75, 3.05) is 11.5 Å². The second-order valence-corrected chi connectivity index (χ2v) is 3.80. The smallest absolute Gasteiger partial charge is 0.0416 e. The molecule has 0 saturated carbocycles. The van der Waals surface area contributed by atoms with Crippen LogP contribution < -0.4 is 11.5 Å². The van der Waals surface area contributed by atoms with Crippen LogP contribution in [0.5, 0.6) is 0 Å². The average Bonchev–Trinajstić information content (AvgIpc) is 2.19. The molecule has 0 amide bonds. The van der Waals surface area contributed by atoms with Crippen molar-refractivity contribution in [2.45, 2.75) is 24.9 Å². The first-order valence-corrected chi connectivity index (χ1v) is 5.82. The van der Waals surface area contributed by atoms with Crippen LogP contribution in [0.15, 0.2) is 6.07 Å². The quantitative estimate of drug-likeness (QED) is 0.474. The minimum absolute atomic E-state index is 0.576. The molecule has 0 heterocycles. The average molecular weight is 228 g/mol. The number of aryl methyl sites for hydroxylation is 1. The number of hydrogen-bond donors (Lipinski definition) is 4. The second-order valence-electron chi connectivity index (χ2n) is 3.17. The molecule has 78 valence electrons. The molecule has 0 saturated heterocycles. The third-order valence-corrected chi connectivity index (χ3v) is 3.06. The Labute approximate surface area is 95.9 Å². The fourth-order valence-corrected chi connectivity index (χ4v) is 2.09. The molecule has 4 N–H and O–H groups in total. The first kappa shape index (κ1) is 11.6. The first-order chi connectivity index (χ1) is 6.65. The Morgan fingerprint density at radius 2 is 1.64 bits per heavy atom. The van der Waals surface area contributed by atoms with E-state index >= 15 is 0 Å².